The van der Waals surface area contributed by atoms with E-state index in [2.05, 4.69) is 0 Å². The second-order valence-corrected chi connectivity index (χ2v) is 28.6. The fraction of sp³-hybridized carbons (Fsp3) is 0.429. The minimum Gasteiger partial charge on any atom is -0.507 e. The molecule has 8 aliphatic rings. The Bertz CT molecular complexity index is 3330. The molecule has 2 aliphatic heterocycles. The quantitative estimate of drug-likeness (QED) is 0.0860. The first-order valence-electron chi connectivity index (χ1n) is 37.4. The highest BCUT2D eigenvalue weighted by Gasteiger charge is 2.30. The zero-order chi connectivity index (χ0) is 70.0. The van der Waals surface area contributed by atoms with Crippen molar-refractivity contribution in [3.63, 3.8) is 0 Å². The molecule has 18 nitrogen and oxygen atoms in total. The zero-order valence-corrected chi connectivity index (χ0v) is 58.3. The third-order valence-electron chi connectivity index (χ3n) is 21.6. The molecule has 12 bridgehead atoms. The van der Waals surface area contributed by atoms with Gasteiger partial charge in [0.15, 0.2) is 0 Å². The fourth-order valence-corrected chi connectivity index (χ4v) is 15.5. The molecular weight excluding hydrogens is 1270 g/mol. The third-order valence-corrected chi connectivity index (χ3v) is 21.6. The average Bonchev–Trinajstić information content (AvgIpc) is 0.869. The number of benzene rings is 6. The summed E-state index contributed by atoms with van der Waals surface area (Å²) in [6.45, 7) is 0. The topological polar surface area (TPSA) is 270 Å². The van der Waals surface area contributed by atoms with Gasteiger partial charge in [-0.3, -0.25) is 59.9 Å². The lowest BCUT2D eigenvalue weighted by molar-refractivity contribution is 0.389. The van der Waals surface area contributed by atoms with E-state index in [9.17, 15) is 30.6 Å². The lowest BCUT2D eigenvalue weighted by Crippen LogP contribution is -2.27. The van der Waals surface area contributed by atoms with Crippen molar-refractivity contribution in [2.75, 3.05) is 0 Å². The van der Waals surface area contributed by atoms with Crippen molar-refractivity contribution in [2.45, 2.75) is 227 Å². The molecular formula is C84H96N12O6. The van der Waals surface area contributed by atoms with Crippen molar-refractivity contribution in [3.8, 4) is 34.5 Å². The van der Waals surface area contributed by atoms with Gasteiger partial charge in [-0.25, -0.2) is 0 Å². The first-order valence-corrected chi connectivity index (χ1v) is 37.4. The van der Waals surface area contributed by atoms with E-state index in [-0.39, 0.29) is 107 Å². The van der Waals surface area contributed by atoms with Gasteiger partial charge >= 0.3 is 0 Å². The maximum absolute atomic E-state index is 11.2. The summed E-state index contributed by atoms with van der Waals surface area (Å²) < 4.78 is 0. The summed E-state index contributed by atoms with van der Waals surface area (Å²) in [5.41, 5.74) is 7.74. The minimum absolute atomic E-state index is 0.0227. The predicted octanol–water partition coefficient (Wildman–Crippen LogP) is 15.3. The summed E-state index contributed by atoms with van der Waals surface area (Å²) in [5.74, 6) is 0.921. The zero-order valence-electron chi connectivity index (χ0n) is 58.3. The van der Waals surface area contributed by atoms with Crippen LogP contribution in [0.15, 0.2) is 169 Å². The molecule has 0 saturated heterocycles. The molecule has 14 rings (SSSR count). The number of phenols is 6. The van der Waals surface area contributed by atoms with Crippen molar-refractivity contribution >= 4 is 74.6 Å². The summed E-state index contributed by atoms with van der Waals surface area (Å²) >= 11 is 0. The Morgan fingerprint density at radius 3 is 0.333 bits per heavy atom. The maximum atomic E-state index is 11.2. The second-order valence-electron chi connectivity index (χ2n) is 28.6. The van der Waals surface area contributed by atoms with Crippen LogP contribution in [0.5, 0.6) is 34.5 Å². The Balaban J connectivity index is 0.000000182. The Kier molecular flexibility index (Phi) is 24.0. The first kappa shape index (κ1) is 70.6. The van der Waals surface area contributed by atoms with Crippen molar-refractivity contribution < 1.29 is 30.6 Å². The largest absolute Gasteiger partial charge is 0.507 e. The fourth-order valence-electron chi connectivity index (χ4n) is 15.5. The second kappa shape index (κ2) is 34.7. The highest BCUT2D eigenvalue weighted by molar-refractivity contribution is 5.96. The average molecular weight is 1370 g/mol. The number of aromatic hydroxyl groups is 6. The van der Waals surface area contributed by atoms with Gasteiger partial charge in [-0.05, 0) is 150 Å². The summed E-state index contributed by atoms with van der Waals surface area (Å²) in [4.78, 5) is 59.2. The summed E-state index contributed by atoms with van der Waals surface area (Å²) in [7, 11) is 0. The van der Waals surface area contributed by atoms with Gasteiger partial charge in [0.1, 0.15) is 34.5 Å². The molecule has 0 amide bonds. The molecule has 528 valence electrons. The number of aliphatic imine (C=N–C) groups is 12. The summed E-state index contributed by atoms with van der Waals surface area (Å²) in [5, 5.41) is 67.4. The number of nitrogens with zero attached hydrogens (tertiary/aromatic N) is 12. The van der Waals surface area contributed by atoms with Gasteiger partial charge < -0.3 is 30.6 Å². The number of phenolic OH excluding ortho intramolecular Hbond substituents is 6. The number of fused-ring (bicyclic) bond motifs is 18. The van der Waals surface area contributed by atoms with Gasteiger partial charge in [-0.15, -0.1) is 0 Å². The Morgan fingerprint density at radius 1 is 0.157 bits per heavy atom. The minimum atomic E-state index is -0.0227. The molecule has 2 heterocycles. The monoisotopic (exact) mass is 1370 g/mol. The molecule has 6 fully saturated rings. The lowest BCUT2D eigenvalue weighted by atomic mass is 9.91. The van der Waals surface area contributed by atoms with Crippen molar-refractivity contribution in [1.82, 2.24) is 0 Å². The van der Waals surface area contributed by atoms with E-state index < -0.39 is 0 Å². The van der Waals surface area contributed by atoms with Crippen LogP contribution in [0.25, 0.3) is 0 Å². The smallest absolute Gasteiger partial charge is 0.133 e. The first-order chi connectivity index (χ1) is 50.1. The van der Waals surface area contributed by atoms with Crippen molar-refractivity contribution in [2.24, 2.45) is 59.9 Å². The van der Waals surface area contributed by atoms with E-state index in [1.54, 1.807) is 74.6 Å². The van der Waals surface area contributed by atoms with Gasteiger partial charge in [0.05, 0.1) is 72.5 Å². The molecule has 12 atom stereocenters. The molecule has 102 heavy (non-hydrogen) atoms. The molecule has 6 saturated carbocycles. The van der Waals surface area contributed by atoms with E-state index in [0.717, 1.165) is 154 Å². The van der Waals surface area contributed by atoms with Gasteiger partial charge in [0.2, 0.25) is 0 Å². The Hall–Kier alpha value is -9.84. The molecule has 0 spiro atoms. The van der Waals surface area contributed by atoms with Crippen LogP contribution in [0.3, 0.4) is 0 Å². The molecule has 0 aromatic heterocycles. The van der Waals surface area contributed by atoms with Crippen molar-refractivity contribution in [3.05, 3.63) is 176 Å². The highest BCUT2D eigenvalue weighted by Crippen LogP contribution is 2.35. The number of hydrogen-bond donors (Lipinski definition) is 6. The van der Waals surface area contributed by atoms with E-state index in [1.165, 1.54) is 0 Å². The van der Waals surface area contributed by atoms with Crippen LogP contribution in [0, 0.1) is 0 Å². The molecule has 18 heteroatoms. The molecule has 6 aliphatic carbocycles. The standard InChI is InChI=1S/2C42H48N6O3/c2*49-40-28-10-7-12-30(40)24-45-36-18-3-4-19-37(36)47-26-32-14-9-15-33(42(32)51)27-48-39-21-6-5-20-38(39)46-25-31-13-8-11-29(41(31)50)23-44-35-17-2-1-16-34(35)43-22-28/h2*7-15,22-27,34-39,49-51H,1-6,16-21H2/t2*34-,35-,36-,37-,38-,39-/m11/s1. The van der Waals surface area contributed by atoms with E-state index in [0.29, 0.717) is 66.8 Å². The Labute approximate surface area is 599 Å². The van der Waals surface area contributed by atoms with Gasteiger partial charge in [0, 0.05) is 141 Å². The predicted molar refractivity (Wildman–Crippen MR) is 416 cm³/mol. The van der Waals surface area contributed by atoms with Crippen molar-refractivity contribution in [1.29, 1.82) is 0 Å². The third kappa shape index (κ3) is 17.9. The SMILES string of the molecule is Oc1c2cccc1C=N[C@@H]1CCCC[C@H]1N=Cc1cccc(c1O)C=N[C@@H]1CCCC[C@H]1N=Cc1cccc(c1O)C=N[C@@H]1CCCC[C@H]1N=C2.Oc1c2cccc1C=N[C@@H]1CCCC[C@H]1N=Cc1cccc(c1O)C=N[C@@H]1CCCC[C@H]1N=Cc1cccc(c1O)C=N[C@@H]1CCCC[C@H]1N=C2. The van der Waals surface area contributed by atoms with Gasteiger partial charge in [0.25, 0.3) is 0 Å². The number of hydrogen-bond acceptors (Lipinski definition) is 18. The molecule has 6 aromatic carbocycles. The van der Waals surface area contributed by atoms with Crippen LogP contribution in [0.4, 0.5) is 0 Å². The summed E-state index contributed by atoms with van der Waals surface area (Å²) in [6, 6.07) is 33.7. The Morgan fingerprint density at radius 2 is 0.245 bits per heavy atom. The van der Waals surface area contributed by atoms with E-state index in [4.69, 9.17) is 59.9 Å². The van der Waals surface area contributed by atoms with Crippen LogP contribution < -0.4 is 0 Å². The lowest BCUT2D eigenvalue weighted by Gasteiger charge is -2.25. The van der Waals surface area contributed by atoms with E-state index in [1.807, 2.05) is 109 Å². The molecule has 0 radical (unpaired) electrons. The van der Waals surface area contributed by atoms with Crippen LogP contribution in [0.1, 0.15) is 221 Å². The number of para-hydroxylation sites is 6. The van der Waals surface area contributed by atoms with Gasteiger partial charge in [-0.1, -0.05) is 113 Å². The van der Waals surface area contributed by atoms with Crippen LogP contribution in [-0.2, 0) is 0 Å². The molecule has 6 N–H and O–H groups in total. The highest BCUT2D eigenvalue weighted by atomic mass is 16.3. The van der Waals surface area contributed by atoms with Crippen LogP contribution >= 0.6 is 0 Å². The maximum Gasteiger partial charge on any atom is 0.133 e. The summed E-state index contributed by atoms with van der Waals surface area (Å²) in [6.07, 6.45) is 45.1. The molecule has 0 unspecified atom stereocenters. The number of rotatable bonds is 0. The normalized spacial score (nSPS) is 26.8. The van der Waals surface area contributed by atoms with Crippen LogP contribution in [0.2, 0.25) is 0 Å². The van der Waals surface area contributed by atoms with Crippen LogP contribution in [-0.4, -0.2) is 178 Å². The van der Waals surface area contributed by atoms with Gasteiger partial charge in [-0.2, -0.15) is 0 Å². The molecule has 6 aromatic rings. The van der Waals surface area contributed by atoms with E-state index >= 15 is 0 Å².